The Morgan fingerprint density at radius 2 is 1.97 bits per heavy atom. The molecule has 2 aliphatic heterocycles. The van der Waals surface area contributed by atoms with Crippen LogP contribution in [-0.2, 0) is 14.3 Å². The summed E-state index contributed by atoms with van der Waals surface area (Å²) in [6.07, 6.45) is 1.17. The van der Waals surface area contributed by atoms with Gasteiger partial charge in [0.1, 0.15) is 18.0 Å². The third-order valence-electron chi connectivity index (χ3n) is 6.44. The van der Waals surface area contributed by atoms with E-state index in [1.807, 2.05) is 4.90 Å². The number of anilines is 2. The summed E-state index contributed by atoms with van der Waals surface area (Å²) in [6, 6.07) is 7.03. The van der Waals surface area contributed by atoms with E-state index in [0.29, 0.717) is 43.1 Å². The number of piperazine rings is 1. The predicted molar refractivity (Wildman–Crippen MR) is 139 cm³/mol. The summed E-state index contributed by atoms with van der Waals surface area (Å²) in [7, 11) is 0. The molecular formula is C26H31FN6O6. The fourth-order valence-electron chi connectivity index (χ4n) is 4.42. The van der Waals surface area contributed by atoms with Crippen LogP contribution < -0.4 is 20.4 Å². The maximum Gasteiger partial charge on any atom is 0.414 e. The standard InChI is InChI=1S/C26H31FN6O6/c1-3-38-25(36)29-15-20-16-33(26(37)39-20)19-6-7-22(21(27)13-19)31-9-11-32(12-10-31)24(35)17(2)30-23(34)18-5-4-8-28-14-18/h4-8,13-14,17,20H,3,9-12,15-16H2,1-2H3,(H,29,36)(H,30,34). The highest BCUT2D eigenvalue weighted by molar-refractivity contribution is 5.97. The summed E-state index contributed by atoms with van der Waals surface area (Å²) in [5, 5.41) is 5.21. The molecule has 2 N–H and O–H groups in total. The van der Waals surface area contributed by atoms with Crippen LogP contribution in [0.3, 0.4) is 0 Å². The van der Waals surface area contributed by atoms with Crippen LogP contribution in [0.15, 0.2) is 42.7 Å². The Morgan fingerprint density at radius 1 is 1.21 bits per heavy atom. The van der Waals surface area contributed by atoms with Crippen molar-refractivity contribution in [2.24, 2.45) is 0 Å². The van der Waals surface area contributed by atoms with E-state index in [-0.39, 0.29) is 31.5 Å². The predicted octanol–water partition coefficient (Wildman–Crippen LogP) is 1.76. The first-order valence-corrected chi connectivity index (χ1v) is 12.7. The number of alkyl carbamates (subject to hydrolysis) is 1. The van der Waals surface area contributed by atoms with Gasteiger partial charge in [0.25, 0.3) is 5.91 Å². The number of aromatic nitrogens is 1. The molecule has 2 saturated heterocycles. The second-order valence-corrected chi connectivity index (χ2v) is 9.10. The number of pyridine rings is 1. The van der Waals surface area contributed by atoms with Gasteiger partial charge in [-0.25, -0.2) is 14.0 Å². The minimum Gasteiger partial charge on any atom is -0.450 e. The van der Waals surface area contributed by atoms with Gasteiger partial charge in [0.05, 0.1) is 36.6 Å². The molecular weight excluding hydrogens is 511 g/mol. The highest BCUT2D eigenvalue weighted by Crippen LogP contribution is 2.28. The molecule has 39 heavy (non-hydrogen) atoms. The molecule has 0 saturated carbocycles. The third-order valence-corrected chi connectivity index (χ3v) is 6.44. The van der Waals surface area contributed by atoms with Crippen molar-refractivity contribution in [1.82, 2.24) is 20.5 Å². The molecule has 3 heterocycles. The minimum absolute atomic E-state index is 0.0798. The quantitative estimate of drug-likeness (QED) is 0.516. The Bertz CT molecular complexity index is 1210. The van der Waals surface area contributed by atoms with Crippen LogP contribution in [0, 0.1) is 5.82 Å². The molecule has 13 heteroatoms. The number of rotatable bonds is 8. The van der Waals surface area contributed by atoms with Gasteiger partial charge in [0, 0.05) is 38.6 Å². The Balaban J connectivity index is 1.29. The third kappa shape index (κ3) is 6.72. The van der Waals surface area contributed by atoms with Gasteiger partial charge in [-0.2, -0.15) is 0 Å². The van der Waals surface area contributed by atoms with Gasteiger partial charge in [0.2, 0.25) is 5.91 Å². The molecule has 0 spiro atoms. The van der Waals surface area contributed by atoms with Gasteiger partial charge in [-0.3, -0.25) is 19.5 Å². The Morgan fingerprint density at radius 3 is 2.64 bits per heavy atom. The molecule has 2 fully saturated rings. The molecule has 2 aromatic rings. The van der Waals surface area contributed by atoms with Crippen molar-refractivity contribution in [2.45, 2.75) is 26.0 Å². The van der Waals surface area contributed by atoms with Crippen molar-refractivity contribution < 1.29 is 33.0 Å². The van der Waals surface area contributed by atoms with Crippen molar-refractivity contribution in [3.05, 3.63) is 54.1 Å². The zero-order chi connectivity index (χ0) is 27.9. The van der Waals surface area contributed by atoms with Gasteiger partial charge >= 0.3 is 12.2 Å². The summed E-state index contributed by atoms with van der Waals surface area (Å²) in [6.45, 7) is 5.30. The van der Waals surface area contributed by atoms with E-state index in [1.165, 1.54) is 17.2 Å². The molecule has 2 unspecified atom stereocenters. The van der Waals surface area contributed by atoms with Gasteiger partial charge < -0.3 is 29.9 Å². The maximum atomic E-state index is 15.1. The summed E-state index contributed by atoms with van der Waals surface area (Å²) in [5.41, 5.74) is 1.07. The molecule has 0 bridgehead atoms. The molecule has 2 aliphatic rings. The number of carbonyl (C=O) groups excluding carboxylic acids is 4. The number of hydrogen-bond acceptors (Lipinski definition) is 8. The van der Waals surface area contributed by atoms with E-state index in [4.69, 9.17) is 9.47 Å². The zero-order valence-corrected chi connectivity index (χ0v) is 21.8. The van der Waals surface area contributed by atoms with Crippen molar-refractivity contribution >= 4 is 35.4 Å². The second kappa shape index (κ2) is 12.4. The van der Waals surface area contributed by atoms with Crippen molar-refractivity contribution in [2.75, 3.05) is 55.7 Å². The summed E-state index contributed by atoms with van der Waals surface area (Å²) in [5.74, 6) is -1.11. The number of halogens is 1. The van der Waals surface area contributed by atoms with Crippen LogP contribution >= 0.6 is 0 Å². The van der Waals surface area contributed by atoms with E-state index in [1.54, 1.807) is 49.2 Å². The van der Waals surface area contributed by atoms with Crippen LogP contribution in [0.25, 0.3) is 0 Å². The van der Waals surface area contributed by atoms with Crippen LogP contribution in [-0.4, -0.2) is 91.9 Å². The fourth-order valence-corrected chi connectivity index (χ4v) is 4.42. The van der Waals surface area contributed by atoms with Crippen LogP contribution in [0.5, 0.6) is 0 Å². The lowest BCUT2D eigenvalue weighted by molar-refractivity contribution is -0.133. The first-order chi connectivity index (χ1) is 18.8. The van der Waals surface area contributed by atoms with Gasteiger partial charge in [0.15, 0.2) is 0 Å². The lowest BCUT2D eigenvalue weighted by Crippen LogP contribution is -2.54. The molecule has 0 aliphatic carbocycles. The van der Waals surface area contributed by atoms with Gasteiger partial charge in [-0.05, 0) is 44.2 Å². The Hall–Kier alpha value is -4.42. The smallest absolute Gasteiger partial charge is 0.414 e. The molecule has 12 nitrogen and oxygen atoms in total. The van der Waals surface area contributed by atoms with Crippen LogP contribution in [0.1, 0.15) is 24.2 Å². The van der Waals surface area contributed by atoms with E-state index in [9.17, 15) is 19.2 Å². The highest BCUT2D eigenvalue weighted by atomic mass is 19.1. The summed E-state index contributed by atoms with van der Waals surface area (Å²) >= 11 is 0. The molecule has 2 atom stereocenters. The SMILES string of the molecule is CCOC(=O)NCC1CN(c2ccc(N3CCN(C(=O)C(C)NC(=O)c4cccnc4)CC3)c(F)c2)C(=O)O1. The maximum absolute atomic E-state index is 15.1. The van der Waals surface area contributed by atoms with Crippen molar-refractivity contribution in [3.8, 4) is 0 Å². The second-order valence-electron chi connectivity index (χ2n) is 9.10. The normalized spacial score (nSPS) is 17.9. The van der Waals surface area contributed by atoms with E-state index in [0.717, 1.165) is 0 Å². The number of cyclic esters (lactones) is 1. The largest absolute Gasteiger partial charge is 0.450 e. The molecule has 0 radical (unpaired) electrons. The number of carbonyl (C=O) groups is 4. The molecule has 4 rings (SSSR count). The fraction of sp³-hybridized carbons (Fsp3) is 0.423. The number of amides is 4. The lowest BCUT2D eigenvalue weighted by atomic mass is 10.2. The van der Waals surface area contributed by atoms with Gasteiger partial charge in [-0.1, -0.05) is 0 Å². The first-order valence-electron chi connectivity index (χ1n) is 12.7. The zero-order valence-electron chi connectivity index (χ0n) is 21.8. The number of nitrogens with zero attached hydrogens (tertiary/aromatic N) is 4. The molecule has 208 valence electrons. The van der Waals surface area contributed by atoms with E-state index >= 15 is 4.39 Å². The average molecular weight is 543 g/mol. The van der Waals surface area contributed by atoms with Gasteiger partial charge in [-0.15, -0.1) is 0 Å². The highest BCUT2D eigenvalue weighted by Gasteiger charge is 2.33. The minimum atomic E-state index is -0.725. The van der Waals surface area contributed by atoms with Crippen molar-refractivity contribution in [1.29, 1.82) is 0 Å². The Labute approximate surface area is 225 Å². The number of nitrogens with one attached hydrogen (secondary N) is 2. The number of benzene rings is 1. The Kier molecular flexibility index (Phi) is 8.79. The number of hydrogen-bond donors (Lipinski definition) is 2. The van der Waals surface area contributed by atoms with E-state index in [2.05, 4.69) is 15.6 Å². The summed E-state index contributed by atoms with van der Waals surface area (Å²) in [4.78, 5) is 57.7. The van der Waals surface area contributed by atoms with E-state index < -0.39 is 30.1 Å². The first kappa shape index (κ1) is 27.6. The molecule has 1 aromatic heterocycles. The van der Waals surface area contributed by atoms with Crippen LogP contribution in [0.4, 0.5) is 25.4 Å². The number of ether oxygens (including phenoxy) is 2. The summed E-state index contributed by atoms with van der Waals surface area (Å²) < 4.78 is 25.2. The lowest BCUT2D eigenvalue weighted by Gasteiger charge is -2.37. The monoisotopic (exact) mass is 542 g/mol. The van der Waals surface area contributed by atoms with Crippen molar-refractivity contribution in [3.63, 3.8) is 0 Å². The average Bonchev–Trinajstić information content (AvgIpc) is 3.32. The van der Waals surface area contributed by atoms with Crippen LogP contribution in [0.2, 0.25) is 0 Å². The topological polar surface area (TPSA) is 133 Å². The molecule has 1 aromatic carbocycles. The molecule has 4 amide bonds.